The number of para-hydroxylation sites is 1. The number of amides is 1. The molecule has 0 radical (unpaired) electrons. The molecular weight excluding hydrogens is 273 g/mol. The second kappa shape index (κ2) is 6.63. The third-order valence-electron chi connectivity index (χ3n) is 3.35. The monoisotopic (exact) mass is 291 g/mol. The number of hydrogen-bond donors (Lipinski definition) is 2. The van der Waals surface area contributed by atoms with Gasteiger partial charge in [0, 0.05) is 6.42 Å². The summed E-state index contributed by atoms with van der Waals surface area (Å²) in [5, 5.41) is 12.8. The fourth-order valence-corrected chi connectivity index (χ4v) is 2.32. The first-order chi connectivity index (χ1) is 10.1. The zero-order valence-corrected chi connectivity index (χ0v) is 12.1. The summed E-state index contributed by atoms with van der Waals surface area (Å²) in [5.74, 6) is -0.854. The van der Waals surface area contributed by atoms with Gasteiger partial charge in [0.05, 0.1) is 13.1 Å². The summed E-state index contributed by atoms with van der Waals surface area (Å²) in [6, 6.07) is 5.09. The largest absolute Gasteiger partial charge is 0.547 e. The second-order valence-electron chi connectivity index (χ2n) is 4.92. The number of carbonyl (C=O) groups excluding carboxylic acids is 2. The summed E-state index contributed by atoms with van der Waals surface area (Å²) in [4.78, 5) is 23.3. The van der Waals surface area contributed by atoms with E-state index < -0.39 is 19.0 Å². The van der Waals surface area contributed by atoms with Crippen LogP contribution in [0.25, 0.3) is 0 Å². The Morgan fingerprint density at radius 2 is 2.29 bits per heavy atom. The third kappa shape index (κ3) is 3.36. The second-order valence-corrected chi connectivity index (χ2v) is 4.92. The van der Waals surface area contributed by atoms with Crippen molar-refractivity contribution in [2.75, 3.05) is 7.11 Å². The highest BCUT2D eigenvalue weighted by Crippen LogP contribution is 2.30. The molecule has 1 heterocycles. The fourth-order valence-electron chi connectivity index (χ4n) is 2.32. The van der Waals surface area contributed by atoms with E-state index in [1.807, 2.05) is 6.92 Å². The topological polar surface area (TPSA) is 84.9 Å². The summed E-state index contributed by atoms with van der Waals surface area (Å²) < 4.78 is 10.1. The molecule has 2 rings (SSSR count). The molecule has 112 valence electrons. The number of methoxy groups -OCH3 is 1. The van der Waals surface area contributed by atoms with E-state index >= 15 is 0 Å². The van der Waals surface area contributed by atoms with Crippen LogP contribution in [-0.2, 0) is 16.0 Å². The highest BCUT2D eigenvalue weighted by molar-refractivity contribution is 6.47. The Morgan fingerprint density at radius 3 is 2.95 bits per heavy atom. The van der Waals surface area contributed by atoms with Gasteiger partial charge in [0.2, 0.25) is 5.91 Å². The third-order valence-corrected chi connectivity index (χ3v) is 3.35. The normalized spacial score (nSPS) is 16.7. The Kier molecular flexibility index (Phi) is 4.85. The van der Waals surface area contributed by atoms with Crippen LogP contribution >= 0.6 is 0 Å². The molecule has 21 heavy (non-hydrogen) atoms. The number of rotatable bonds is 4. The molecule has 0 bridgehead atoms. The number of esters is 1. The lowest BCUT2D eigenvalue weighted by Crippen LogP contribution is -2.53. The number of carbonyl (C=O) groups is 2. The average Bonchev–Trinajstić information content (AvgIpc) is 2.47. The van der Waals surface area contributed by atoms with Gasteiger partial charge in [0.25, 0.3) is 0 Å². The van der Waals surface area contributed by atoms with E-state index in [0.717, 1.165) is 12.0 Å². The molecule has 0 saturated heterocycles. The Balaban J connectivity index is 2.20. The summed E-state index contributed by atoms with van der Waals surface area (Å²) in [5.41, 5.74) is 1.03. The summed E-state index contributed by atoms with van der Waals surface area (Å²) >= 11 is 0. The molecule has 1 amide bonds. The first kappa shape index (κ1) is 15.4. The van der Waals surface area contributed by atoms with Crippen LogP contribution in [0.15, 0.2) is 18.2 Å². The number of nitrogens with one attached hydrogen (secondary N) is 1. The molecule has 0 aliphatic carbocycles. The fraction of sp³-hybridized carbons (Fsp3) is 0.429. The molecule has 7 heteroatoms. The zero-order valence-electron chi connectivity index (χ0n) is 12.1. The predicted octanol–water partition coefficient (Wildman–Crippen LogP) is 0.713. The zero-order chi connectivity index (χ0) is 15.4. The lowest BCUT2D eigenvalue weighted by Gasteiger charge is -2.29. The SMILES string of the molecule is CCCC(=O)N[C@H]1Cc2cccc(C(=O)OC)c2OB1O. The van der Waals surface area contributed by atoms with Gasteiger partial charge in [0.15, 0.2) is 0 Å². The van der Waals surface area contributed by atoms with Gasteiger partial charge in [-0.25, -0.2) is 4.79 Å². The van der Waals surface area contributed by atoms with Crippen LogP contribution in [-0.4, -0.2) is 37.1 Å². The van der Waals surface area contributed by atoms with Gasteiger partial charge in [-0.2, -0.15) is 0 Å². The highest BCUT2D eigenvalue weighted by atomic mass is 16.5. The van der Waals surface area contributed by atoms with Crippen LogP contribution in [0.4, 0.5) is 0 Å². The number of fused-ring (bicyclic) bond motifs is 1. The molecule has 1 atom stereocenters. The molecular formula is C14H18BNO5. The van der Waals surface area contributed by atoms with Crippen molar-refractivity contribution >= 4 is 19.0 Å². The molecule has 6 nitrogen and oxygen atoms in total. The van der Waals surface area contributed by atoms with Crippen molar-refractivity contribution in [1.82, 2.24) is 5.32 Å². The smallest absolute Gasteiger partial charge is 0.534 e. The van der Waals surface area contributed by atoms with Crippen LogP contribution in [0.3, 0.4) is 0 Å². The van der Waals surface area contributed by atoms with Crippen molar-refractivity contribution in [1.29, 1.82) is 0 Å². The molecule has 1 aliphatic rings. The Morgan fingerprint density at radius 1 is 1.52 bits per heavy atom. The van der Waals surface area contributed by atoms with E-state index in [1.54, 1.807) is 18.2 Å². The summed E-state index contributed by atoms with van der Waals surface area (Å²) in [7, 11) is 0.0958. The minimum atomic E-state index is -1.19. The van der Waals surface area contributed by atoms with Crippen molar-refractivity contribution in [3.8, 4) is 5.75 Å². The van der Waals surface area contributed by atoms with E-state index in [2.05, 4.69) is 5.32 Å². The average molecular weight is 291 g/mol. The first-order valence-corrected chi connectivity index (χ1v) is 6.91. The molecule has 0 spiro atoms. The van der Waals surface area contributed by atoms with Crippen molar-refractivity contribution in [3.05, 3.63) is 29.3 Å². The van der Waals surface area contributed by atoms with E-state index in [0.29, 0.717) is 18.6 Å². The van der Waals surface area contributed by atoms with Crippen molar-refractivity contribution in [3.63, 3.8) is 0 Å². The number of benzene rings is 1. The number of ether oxygens (including phenoxy) is 1. The maximum absolute atomic E-state index is 11.7. The lowest BCUT2D eigenvalue weighted by atomic mass is 9.72. The molecule has 0 saturated carbocycles. The Labute approximate surface area is 123 Å². The minimum Gasteiger partial charge on any atom is -0.534 e. The van der Waals surface area contributed by atoms with Gasteiger partial charge < -0.3 is 19.7 Å². The van der Waals surface area contributed by atoms with Crippen LogP contribution in [0.5, 0.6) is 5.75 Å². The van der Waals surface area contributed by atoms with E-state index in [-0.39, 0.29) is 11.5 Å². The van der Waals surface area contributed by atoms with Crippen LogP contribution in [0, 0.1) is 0 Å². The molecule has 0 fully saturated rings. The first-order valence-electron chi connectivity index (χ1n) is 6.91. The van der Waals surface area contributed by atoms with Gasteiger partial charge >= 0.3 is 13.1 Å². The standard InChI is InChI=1S/C14H18BNO5/c1-3-5-12(17)16-11-8-9-6-4-7-10(14(18)20-2)13(9)21-15(11)19/h4,6-7,11,19H,3,5,8H2,1-2H3,(H,16,17)/t11-/m0/s1. The van der Waals surface area contributed by atoms with Crippen molar-refractivity contribution in [2.45, 2.75) is 32.1 Å². The van der Waals surface area contributed by atoms with E-state index in [1.165, 1.54) is 7.11 Å². The van der Waals surface area contributed by atoms with Crippen LogP contribution in [0.1, 0.15) is 35.7 Å². The molecule has 2 N–H and O–H groups in total. The summed E-state index contributed by atoms with van der Waals surface area (Å²) in [6.45, 7) is 1.91. The molecule has 1 aromatic rings. The van der Waals surface area contributed by atoms with Gasteiger partial charge in [-0.15, -0.1) is 0 Å². The van der Waals surface area contributed by atoms with E-state index in [9.17, 15) is 14.6 Å². The van der Waals surface area contributed by atoms with Gasteiger partial charge in [-0.05, 0) is 24.5 Å². The van der Waals surface area contributed by atoms with Crippen molar-refractivity contribution < 1.29 is 24.0 Å². The number of hydrogen-bond acceptors (Lipinski definition) is 5. The Bertz CT molecular complexity index is 548. The maximum Gasteiger partial charge on any atom is 0.547 e. The van der Waals surface area contributed by atoms with Crippen LogP contribution in [0.2, 0.25) is 0 Å². The Hall–Kier alpha value is -2.02. The maximum atomic E-state index is 11.7. The molecule has 1 aliphatic heterocycles. The van der Waals surface area contributed by atoms with Crippen LogP contribution < -0.4 is 9.97 Å². The van der Waals surface area contributed by atoms with Gasteiger partial charge in [0.1, 0.15) is 11.3 Å². The lowest BCUT2D eigenvalue weighted by molar-refractivity contribution is -0.121. The molecule has 1 aromatic carbocycles. The summed E-state index contributed by atoms with van der Waals surface area (Å²) in [6.07, 6.45) is 1.54. The highest BCUT2D eigenvalue weighted by Gasteiger charge is 2.37. The van der Waals surface area contributed by atoms with Gasteiger partial charge in [-0.1, -0.05) is 19.1 Å². The minimum absolute atomic E-state index is 0.127. The van der Waals surface area contributed by atoms with E-state index in [4.69, 9.17) is 9.39 Å². The quantitative estimate of drug-likeness (QED) is 0.630. The van der Waals surface area contributed by atoms with Gasteiger partial charge in [-0.3, -0.25) is 4.79 Å². The molecule has 0 unspecified atom stereocenters. The van der Waals surface area contributed by atoms with Crippen molar-refractivity contribution in [2.24, 2.45) is 0 Å². The molecule has 0 aromatic heterocycles. The predicted molar refractivity (Wildman–Crippen MR) is 76.9 cm³/mol.